The van der Waals surface area contributed by atoms with Crippen LogP contribution in [0, 0.1) is 5.82 Å². The maximum absolute atomic E-state index is 13.9. The van der Waals surface area contributed by atoms with Gasteiger partial charge in [-0.25, -0.2) is 4.39 Å². The maximum atomic E-state index is 13.9. The molecular formula is C15H13BrFN. The van der Waals surface area contributed by atoms with Gasteiger partial charge in [0, 0.05) is 16.6 Å². The standard InChI is InChI=1S/C15H13BrFN/c16-11-6-5-10-7-8-18-15(13(10)9-11)12-3-1-2-4-14(12)17/h1-6,9,15,18H,7-8H2. The summed E-state index contributed by atoms with van der Waals surface area (Å²) in [7, 11) is 0. The van der Waals surface area contributed by atoms with Gasteiger partial charge < -0.3 is 5.32 Å². The summed E-state index contributed by atoms with van der Waals surface area (Å²) in [5.74, 6) is -0.150. The van der Waals surface area contributed by atoms with Crippen LogP contribution < -0.4 is 5.32 Å². The second kappa shape index (κ2) is 4.82. The molecule has 0 amide bonds. The van der Waals surface area contributed by atoms with E-state index in [0.29, 0.717) is 0 Å². The van der Waals surface area contributed by atoms with E-state index in [1.807, 2.05) is 18.2 Å². The van der Waals surface area contributed by atoms with E-state index in [9.17, 15) is 4.39 Å². The van der Waals surface area contributed by atoms with Gasteiger partial charge in [-0.1, -0.05) is 40.2 Å². The summed E-state index contributed by atoms with van der Waals surface area (Å²) >= 11 is 3.49. The summed E-state index contributed by atoms with van der Waals surface area (Å²) < 4.78 is 15.0. The lowest BCUT2D eigenvalue weighted by Gasteiger charge is -2.27. The van der Waals surface area contributed by atoms with E-state index in [0.717, 1.165) is 23.0 Å². The summed E-state index contributed by atoms with van der Waals surface area (Å²) in [5.41, 5.74) is 3.18. The van der Waals surface area contributed by atoms with Crippen molar-refractivity contribution in [3.63, 3.8) is 0 Å². The van der Waals surface area contributed by atoms with Gasteiger partial charge in [0.15, 0.2) is 0 Å². The van der Waals surface area contributed by atoms with Crippen molar-refractivity contribution >= 4 is 15.9 Å². The molecule has 92 valence electrons. The van der Waals surface area contributed by atoms with Gasteiger partial charge in [0.05, 0.1) is 6.04 Å². The van der Waals surface area contributed by atoms with Crippen molar-refractivity contribution in [3.05, 3.63) is 69.4 Å². The van der Waals surface area contributed by atoms with Crippen molar-refractivity contribution in [3.8, 4) is 0 Å². The molecular weight excluding hydrogens is 293 g/mol. The lowest BCUT2D eigenvalue weighted by Crippen LogP contribution is -2.31. The molecule has 0 saturated carbocycles. The Kier molecular flexibility index (Phi) is 3.18. The molecule has 1 aliphatic heterocycles. The van der Waals surface area contributed by atoms with Crippen LogP contribution in [0.15, 0.2) is 46.9 Å². The zero-order chi connectivity index (χ0) is 12.5. The predicted octanol–water partition coefficient (Wildman–Crippen LogP) is 3.82. The SMILES string of the molecule is Fc1ccccc1C1NCCc2ccc(Br)cc21. The van der Waals surface area contributed by atoms with Gasteiger partial charge in [-0.2, -0.15) is 0 Å². The van der Waals surface area contributed by atoms with E-state index in [4.69, 9.17) is 0 Å². The maximum Gasteiger partial charge on any atom is 0.128 e. The number of benzene rings is 2. The molecule has 0 spiro atoms. The molecule has 0 aromatic heterocycles. The molecule has 0 aliphatic carbocycles. The Hall–Kier alpha value is -1.19. The molecule has 18 heavy (non-hydrogen) atoms. The minimum atomic E-state index is -0.150. The lowest BCUT2D eigenvalue weighted by atomic mass is 9.90. The fourth-order valence-electron chi connectivity index (χ4n) is 2.51. The van der Waals surface area contributed by atoms with E-state index in [2.05, 4.69) is 33.4 Å². The van der Waals surface area contributed by atoms with Gasteiger partial charge in [-0.3, -0.25) is 0 Å². The average Bonchev–Trinajstić information content (AvgIpc) is 2.39. The van der Waals surface area contributed by atoms with Gasteiger partial charge in [0.2, 0.25) is 0 Å². The number of rotatable bonds is 1. The topological polar surface area (TPSA) is 12.0 Å². The van der Waals surface area contributed by atoms with Crippen molar-refractivity contribution < 1.29 is 4.39 Å². The zero-order valence-corrected chi connectivity index (χ0v) is 11.4. The fourth-order valence-corrected chi connectivity index (χ4v) is 2.89. The molecule has 1 aliphatic rings. The van der Waals surface area contributed by atoms with Crippen molar-refractivity contribution in [2.45, 2.75) is 12.5 Å². The zero-order valence-electron chi connectivity index (χ0n) is 9.79. The Labute approximate surface area is 114 Å². The largest absolute Gasteiger partial charge is 0.306 e. The Morgan fingerprint density at radius 3 is 2.78 bits per heavy atom. The van der Waals surface area contributed by atoms with Crippen LogP contribution in [0.25, 0.3) is 0 Å². The highest BCUT2D eigenvalue weighted by Gasteiger charge is 2.23. The molecule has 0 fully saturated rings. The van der Waals surface area contributed by atoms with Crippen molar-refractivity contribution in [1.82, 2.24) is 5.32 Å². The molecule has 1 atom stereocenters. The number of fused-ring (bicyclic) bond motifs is 1. The molecule has 1 unspecified atom stereocenters. The highest BCUT2D eigenvalue weighted by molar-refractivity contribution is 9.10. The third-order valence-electron chi connectivity index (χ3n) is 3.38. The molecule has 2 aromatic carbocycles. The molecule has 1 N–H and O–H groups in total. The normalized spacial score (nSPS) is 18.4. The molecule has 1 heterocycles. The first-order valence-electron chi connectivity index (χ1n) is 6.02. The van der Waals surface area contributed by atoms with Crippen molar-refractivity contribution in [1.29, 1.82) is 0 Å². The van der Waals surface area contributed by atoms with Gasteiger partial charge in [-0.05, 0) is 35.7 Å². The Morgan fingerprint density at radius 2 is 1.94 bits per heavy atom. The van der Waals surface area contributed by atoms with Gasteiger partial charge in [-0.15, -0.1) is 0 Å². The minimum Gasteiger partial charge on any atom is -0.306 e. The van der Waals surface area contributed by atoms with Gasteiger partial charge >= 0.3 is 0 Å². The van der Waals surface area contributed by atoms with E-state index in [1.54, 1.807) is 6.07 Å². The number of hydrogen-bond donors (Lipinski definition) is 1. The first-order valence-corrected chi connectivity index (χ1v) is 6.81. The smallest absolute Gasteiger partial charge is 0.128 e. The van der Waals surface area contributed by atoms with Gasteiger partial charge in [0.1, 0.15) is 5.82 Å². The summed E-state index contributed by atoms with van der Waals surface area (Å²) in [6.07, 6.45) is 0.994. The van der Waals surface area contributed by atoms with E-state index in [1.165, 1.54) is 17.2 Å². The van der Waals surface area contributed by atoms with E-state index < -0.39 is 0 Å². The molecule has 0 bridgehead atoms. The molecule has 1 nitrogen and oxygen atoms in total. The Morgan fingerprint density at radius 1 is 1.11 bits per heavy atom. The summed E-state index contributed by atoms with van der Waals surface area (Å²) in [5, 5.41) is 3.40. The second-order valence-corrected chi connectivity index (χ2v) is 5.42. The molecule has 0 saturated heterocycles. The van der Waals surface area contributed by atoms with Gasteiger partial charge in [0.25, 0.3) is 0 Å². The van der Waals surface area contributed by atoms with Crippen molar-refractivity contribution in [2.24, 2.45) is 0 Å². The predicted molar refractivity (Wildman–Crippen MR) is 74.1 cm³/mol. The summed E-state index contributed by atoms with van der Waals surface area (Å²) in [4.78, 5) is 0. The first kappa shape index (κ1) is 11.9. The first-order chi connectivity index (χ1) is 8.75. The molecule has 2 aromatic rings. The molecule has 3 heteroatoms. The minimum absolute atomic E-state index is 0.0487. The second-order valence-electron chi connectivity index (χ2n) is 4.50. The van der Waals surface area contributed by atoms with Crippen LogP contribution >= 0.6 is 15.9 Å². The lowest BCUT2D eigenvalue weighted by molar-refractivity contribution is 0.528. The van der Waals surface area contributed by atoms with Crippen LogP contribution in [0.5, 0.6) is 0 Å². The summed E-state index contributed by atoms with van der Waals surface area (Å²) in [6.45, 7) is 0.883. The highest BCUT2D eigenvalue weighted by Crippen LogP contribution is 2.31. The van der Waals surface area contributed by atoms with E-state index >= 15 is 0 Å². The van der Waals surface area contributed by atoms with Crippen LogP contribution in [0.3, 0.4) is 0 Å². The van der Waals surface area contributed by atoms with Crippen molar-refractivity contribution in [2.75, 3.05) is 6.54 Å². The Balaban J connectivity index is 2.11. The van der Waals surface area contributed by atoms with Crippen LogP contribution in [0.1, 0.15) is 22.7 Å². The third-order valence-corrected chi connectivity index (χ3v) is 3.87. The number of nitrogens with one attached hydrogen (secondary N) is 1. The third kappa shape index (κ3) is 2.08. The van der Waals surface area contributed by atoms with Crippen LogP contribution in [-0.4, -0.2) is 6.54 Å². The Bertz CT molecular complexity index is 582. The highest BCUT2D eigenvalue weighted by atomic mass is 79.9. The fraction of sp³-hybridized carbons (Fsp3) is 0.200. The molecule has 0 radical (unpaired) electrons. The number of halogens is 2. The molecule has 3 rings (SSSR count). The van der Waals surface area contributed by atoms with E-state index in [-0.39, 0.29) is 11.9 Å². The van der Waals surface area contributed by atoms with Crippen LogP contribution in [0.4, 0.5) is 4.39 Å². The average molecular weight is 306 g/mol. The number of hydrogen-bond acceptors (Lipinski definition) is 1. The van der Waals surface area contributed by atoms with Crippen LogP contribution in [-0.2, 0) is 6.42 Å². The monoisotopic (exact) mass is 305 g/mol. The quantitative estimate of drug-likeness (QED) is 0.844. The summed E-state index contributed by atoms with van der Waals surface area (Å²) in [6, 6.07) is 13.2. The van der Waals surface area contributed by atoms with Crippen LogP contribution in [0.2, 0.25) is 0 Å².